The second kappa shape index (κ2) is 5.07. The molecule has 2 unspecified atom stereocenters. The van der Waals surface area contributed by atoms with Crippen molar-refractivity contribution in [3.8, 4) is 0 Å². The molecular formula is C13H16ClNO2. The lowest BCUT2D eigenvalue weighted by atomic mass is 10.0. The van der Waals surface area contributed by atoms with E-state index in [0.29, 0.717) is 10.6 Å². The Balaban J connectivity index is 2.27. The molecule has 2 rings (SSSR count). The molecule has 0 amide bonds. The first-order chi connectivity index (χ1) is 8.13. The van der Waals surface area contributed by atoms with Crippen molar-refractivity contribution in [3.63, 3.8) is 0 Å². The van der Waals surface area contributed by atoms with Crippen molar-refractivity contribution in [1.82, 2.24) is 0 Å². The van der Waals surface area contributed by atoms with E-state index in [-0.39, 0.29) is 12.0 Å². The fourth-order valence-corrected chi connectivity index (χ4v) is 2.65. The maximum atomic E-state index is 11.0. The molecule has 1 saturated heterocycles. The van der Waals surface area contributed by atoms with Gasteiger partial charge in [0.05, 0.1) is 16.8 Å². The topological polar surface area (TPSA) is 40.5 Å². The molecule has 92 valence electrons. The summed E-state index contributed by atoms with van der Waals surface area (Å²) in [6.07, 6.45) is 1.44. The smallest absolute Gasteiger partial charge is 0.152 e. The van der Waals surface area contributed by atoms with E-state index in [1.54, 1.807) is 25.1 Å². The Morgan fingerprint density at radius 2 is 2.35 bits per heavy atom. The van der Waals surface area contributed by atoms with Gasteiger partial charge in [0, 0.05) is 24.6 Å². The number of anilines is 1. The number of aliphatic hydroxyl groups is 1. The number of rotatable bonds is 3. The van der Waals surface area contributed by atoms with Crippen molar-refractivity contribution in [2.75, 3.05) is 18.0 Å². The lowest BCUT2D eigenvalue weighted by Gasteiger charge is -2.22. The summed E-state index contributed by atoms with van der Waals surface area (Å²) in [5, 5.41) is 10.2. The fourth-order valence-electron chi connectivity index (χ4n) is 2.34. The Kier molecular flexibility index (Phi) is 3.69. The summed E-state index contributed by atoms with van der Waals surface area (Å²) in [5.74, 6) is 0.255. The van der Waals surface area contributed by atoms with Crippen LogP contribution in [0, 0.1) is 5.92 Å². The number of para-hydroxylation sites is 1. The zero-order valence-electron chi connectivity index (χ0n) is 9.77. The van der Waals surface area contributed by atoms with E-state index in [1.165, 1.54) is 0 Å². The van der Waals surface area contributed by atoms with Gasteiger partial charge in [-0.3, -0.25) is 4.79 Å². The van der Waals surface area contributed by atoms with Crippen molar-refractivity contribution in [2.45, 2.75) is 19.4 Å². The van der Waals surface area contributed by atoms with Crippen molar-refractivity contribution in [3.05, 3.63) is 28.8 Å². The SMILES string of the molecule is CC(O)C1CCN(c2c(Cl)cccc2C=O)C1. The normalized spacial score (nSPS) is 21.6. The van der Waals surface area contributed by atoms with Gasteiger partial charge < -0.3 is 10.0 Å². The number of hydrogen-bond acceptors (Lipinski definition) is 3. The molecule has 0 saturated carbocycles. The molecule has 4 heteroatoms. The van der Waals surface area contributed by atoms with Gasteiger partial charge >= 0.3 is 0 Å². The molecule has 3 nitrogen and oxygen atoms in total. The van der Waals surface area contributed by atoms with Gasteiger partial charge in [0.1, 0.15) is 0 Å². The molecule has 0 aliphatic carbocycles. The quantitative estimate of drug-likeness (QED) is 0.841. The fraction of sp³-hybridized carbons (Fsp3) is 0.462. The third-order valence-corrected chi connectivity index (χ3v) is 3.67. The van der Waals surface area contributed by atoms with Crippen molar-refractivity contribution >= 4 is 23.6 Å². The third-order valence-electron chi connectivity index (χ3n) is 3.37. The lowest BCUT2D eigenvalue weighted by Crippen LogP contribution is -2.25. The molecule has 0 spiro atoms. The number of hydrogen-bond donors (Lipinski definition) is 1. The summed E-state index contributed by atoms with van der Waals surface area (Å²) < 4.78 is 0. The van der Waals surface area contributed by atoms with Crippen LogP contribution in [-0.2, 0) is 0 Å². The summed E-state index contributed by atoms with van der Waals surface area (Å²) in [4.78, 5) is 13.1. The molecule has 1 aromatic rings. The average Bonchev–Trinajstić information content (AvgIpc) is 2.77. The Hall–Kier alpha value is -1.06. The summed E-state index contributed by atoms with van der Waals surface area (Å²) in [6.45, 7) is 3.39. The van der Waals surface area contributed by atoms with Crippen molar-refractivity contribution in [2.24, 2.45) is 5.92 Å². The van der Waals surface area contributed by atoms with Crippen LogP contribution in [0.25, 0.3) is 0 Å². The standard InChI is InChI=1S/C13H16ClNO2/c1-9(17)10-5-6-15(7-10)13-11(8-16)3-2-4-12(13)14/h2-4,8-10,17H,5-7H2,1H3. The van der Waals surface area contributed by atoms with Gasteiger partial charge in [0.2, 0.25) is 0 Å². The van der Waals surface area contributed by atoms with Crippen LogP contribution >= 0.6 is 11.6 Å². The Bertz CT molecular complexity index is 420. The lowest BCUT2D eigenvalue weighted by molar-refractivity contribution is 0.112. The highest BCUT2D eigenvalue weighted by molar-refractivity contribution is 6.33. The first-order valence-corrected chi connectivity index (χ1v) is 6.18. The van der Waals surface area contributed by atoms with E-state index in [1.807, 2.05) is 0 Å². The second-order valence-corrected chi connectivity index (χ2v) is 4.94. The number of aliphatic hydroxyl groups excluding tert-OH is 1. The molecule has 1 aliphatic heterocycles. The number of halogens is 1. The van der Waals surface area contributed by atoms with E-state index >= 15 is 0 Å². The molecule has 1 fully saturated rings. The van der Waals surface area contributed by atoms with E-state index in [4.69, 9.17) is 11.6 Å². The maximum absolute atomic E-state index is 11.0. The molecule has 0 bridgehead atoms. The first kappa shape index (κ1) is 12.4. The van der Waals surface area contributed by atoms with Gasteiger partial charge in [-0.2, -0.15) is 0 Å². The molecule has 2 atom stereocenters. The third kappa shape index (κ3) is 2.45. The van der Waals surface area contributed by atoms with Crippen LogP contribution in [0.15, 0.2) is 18.2 Å². The van der Waals surface area contributed by atoms with Crippen molar-refractivity contribution in [1.29, 1.82) is 0 Å². The number of aldehydes is 1. The largest absolute Gasteiger partial charge is 0.393 e. The zero-order valence-corrected chi connectivity index (χ0v) is 10.5. The molecule has 1 aliphatic rings. The molecule has 1 aromatic carbocycles. The summed E-state index contributed by atoms with van der Waals surface area (Å²) in [7, 11) is 0. The van der Waals surface area contributed by atoms with Crippen LogP contribution in [-0.4, -0.2) is 30.6 Å². The van der Waals surface area contributed by atoms with Gasteiger partial charge in [-0.25, -0.2) is 0 Å². The highest BCUT2D eigenvalue weighted by atomic mass is 35.5. The summed E-state index contributed by atoms with van der Waals surface area (Å²) >= 11 is 6.15. The summed E-state index contributed by atoms with van der Waals surface area (Å²) in [6, 6.07) is 5.33. The number of benzene rings is 1. The van der Waals surface area contributed by atoms with Crippen LogP contribution in [0.2, 0.25) is 5.02 Å². The maximum Gasteiger partial charge on any atom is 0.152 e. The molecule has 0 radical (unpaired) electrons. The molecule has 0 aromatic heterocycles. The van der Waals surface area contributed by atoms with Crippen LogP contribution in [0.1, 0.15) is 23.7 Å². The van der Waals surface area contributed by atoms with Gasteiger partial charge in [-0.1, -0.05) is 17.7 Å². The minimum absolute atomic E-state index is 0.255. The monoisotopic (exact) mass is 253 g/mol. The predicted octanol–water partition coefficient (Wildman–Crippen LogP) is 2.36. The van der Waals surface area contributed by atoms with Crippen molar-refractivity contribution < 1.29 is 9.90 Å². The van der Waals surface area contributed by atoms with E-state index in [0.717, 1.165) is 31.5 Å². The van der Waals surface area contributed by atoms with Gasteiger partial charge in [0.25, 0.3) is 0 Å². The Morgan fingerprint density at radius 3 is 2.94 bits per heavy atom. The highest BCUT2D eigenvalue weighted by Gasteiger charge is 2.28. The van der Waals surface area contributed by atoms with Crippen LogP contribution in [0.4, 0.5) is 5.69 Å². The van der Waals surface area contributed by atoms with Crippen LogP contribution < -0.4 is 4.90 Å². The van der Waals surface area contributed by atoms with Gasteiger partial charge in [-0.15, -0.1) is 0 Å². The van der Waals surface area contributed by atoms with E-state index < -0.39 is 0 Å². The average molecular weight is 254 g/mol. The minimum atomic E-state index is -0.317. The predicted molar refractivity (Wildman–Crippen MR) is 68.8 cm³/mol. The van der Waals surface area contributed by atoms with Gasteiger partial charge in [-0.05, 0) is 25.5 Å². The Labute approximate surface area is 106 Å². The van der Waals surface area contributed by atoms with E-state index in [2.05, 4.69) is 4.90 Å². The molecular weight excluding hydrogens is 238 g/mol. The minimum Gasteiger partial charge on any atom is -0.393 e. The second-order valence-electron chi connectivity index (χ2n) is 4.53. The van der Waals surface area contributed by atoms with Gasteiger partial charge in [0.15, 0.2) is 6.29 Å². The summed E-state index contributed by atoms with van der Waals surface area (Å²) in [5.41, 5.74) is 1.41. The number of nitrogens with zero attached hydrogens (tertiary/aromatic N) is 1. The van der Waals surface area contributed by atoms with Crippen LogP contribution in [0.5, 0.6) is 0 Å². The Morgan fingerprint density at radius 1 is 1.59 bits per heavy atom. The first-order valence-electron chi connectivity index (χ1n) is 5.80. The highest BCUT2D eigenvalue weighted by Crippen LogP contribution is 2.33. The van der Waals surface area contributed by atoms with Crippen LogP contribution in [0.3, 0.4) is 0 Å². The number of carbonyl (C=O) groups is 1. The van der Waals surface area contributed by atoms with E-state index in [9.17, 15) is 9.90 Å². The number of carbonyl (C=O) groups excluding carboxylic acids is 1. The zero-order chi connectivity index (χ0) is 12.4. The molecule has 17 heavy (non-hydrogen) atoms. The molecule has 1 N–H and O–H groups in total. The molecule has 1 heterocycles.